The minimum absolute atomic E-state index is 0.0331. The van der Waals surface area contributed by atoms with E-state index in [1.807, 2.05) is 46.1 Å². The fourth-order valence-electron chi connectivity index (χ4n) is 3.31. The second-order valence-corrected chi connectivity index (χ2v) is 6.88. The zero-order chi connectivity index (χ0) is 17.7. The number of fused-ring (bicyclic) bond motifs is 1. The Morgan fingerprint density at radius 1 is 1.44 bits per heavy atom. The van der Waals surface area contributed by atoms with Crippen molar-refractivity contribution in [2.24, 2.45) is 7.05 Å². The number of aromatic nitrogens is 3. The van der Waals surface area contributed by atoms with E-state index in [2.05, 4.69) is 5.10 Å². The molecule has 1 unspecified atom stereocenters. The molecule has 6 heteroatoms. The molecule has 1 aliphatic rings. The number of carbonyl (C=O) groups is 1. The molecule has 1 amide bonds. The number of nitrogens with zero attached hydrogens (tertiary/aromatic N) is 4. The molecule has 25 heavy (non-hydrogen) atoms. The van der Waals surface area contributed by atoms with Crippen LogP contribution in [0.15, 0.2) is 28.9 Å². The van der Waals surface area contributed by atoms with Crippen LogP contribution in [0.25, 0.3) is 11.0 Å². The van der Waals surface area contributed by atoms with Gasteiger partial charge in [0.15, 0.2) is 5.65 Å². The van der Waals surface area contributed by atoms with Gasteiger partial charge >= 0.3 is 0 Å². The van der Waals surface area contributed by atoms with E-state index in [-0.39, 0.29) is 11.9 Å². The number of furan rings is 1. The summed E-state index contributed by atoms with van der Waals surface area (Å²) in [6.45, 7) is 3.89. The lowest BCUT2D eigenvalue weighted by atomic mass is 10.1. The SMILES string of the molecule is Cc1nn(C)c2nc(C3CC3)cc(C(=O)N(C)C(C)c3ccco3)c12. The molecule has 4 rings (SSSR count). The lowest BCUT2D eigenvalue weighted by Crippen LogP contribution is -2.29. The maximum atomic E-state index is 13.3. The van der Waals surface area contributed by atoms with Crippen molar-refractivity contribution in [1.29, 1.82) is 0 Å². The van der Waals surface area contributed by atoms with E-state index in [0.717, 1.165) is 41.0 Å². The van der Waals surface area contributed by atoms with Crippen LogP contribution in [0.5, 0.6) is 0 Å². The summed E-state index contributed by atoms with van der Waals surface area (Å²) in [5.74, 6) is 1.21. The van der Waals surface area contributed by atoms with Gasteiger partial charge in [0.05, 0.1) is 28.9 Å². The number of hydrogen-bond donors (Lipinski definition) is 0. The lowest BCUT2D eigenvalue weighted by molar-refractivity contribution is 0.0728. The van der Waals surface area contributed by atoms with Crippen LogP contribution >= 0.6 is 0 Å². The van der Waals surface area contributed by atoms with Gasteiger partial charge in [0, 0.05) is 25.7 Å². The zero-order valence-electron chi connectivity index (χ0n) is 15.0. The predicted octanol–water partition coefficient (Wildman–Crippen LogP) is 3.58. The van der Waals surface area contributed by atoms with Gasteiger partial charge in [-0.3, -0.25) is 9.48 Å². The Balaban J connectivity index is 1.80. The van der Waals surface area contributed by atoms with Gasteiger partial charge in [-0.05, 0) is 44.9 Å². The molecular formula is C19H22N4O2. The van der Waals surface area contributed by atoms with Gasteiger partial charge in [0.25, 0.3) is 5.91 Å². The molecule has 130 valence electrons. The van der Waals surface area contributed by atoms with E-state index >= 15 is 0 Å². The molecule has 0 aliphatic heterocycles. The first-order valence-corrected chi connectivity index (χ1v) is 8.62. The first-order chi connectivity index (χ1) is 12.0. The molecule has 0 N–H and O–H groups in total. The monoisotopic (exact) mass is 338 g/mol. The standard InChI is InChI=1S/C19H22N4O2/c1-11-17-14(19(24)22(3)12(2)16-6-5-9-25-16)10-15(13-7-8-13)20-18(17)23(4)21-11/h5-6,9-10,12-13H,7-8H2,1-4H3. The minimum Gasteiger partial charge on any atom is -0.467 e. The summed E-state index contributed by atoms with van der Waals surface area (Å²) in [6.07, 6.45) is 3.91. The normalized spacial score (nSPS) is 15.5. The molecule has 1 atom stereocenters. The van der Waals surface area contributed by atoms with Crippen molar-refractivity contribution in [3.8, 4) is 0 Å². The van der Waals surface area contributed by atoms with Crippen LogP contribution in [0.3, 0.4) is 0 Å². The van der Waals surface area contributed by atoms with Gasteiger partial charge in [0.1, 0.15) is 5.76 Å². The minimum atomic E-state index is -0.146. The van der Waals surface area contributed by atoms with Crippen LogP contribution in [0.1, 0.15) is 59.2 Å². The highest BCUT2D eigenvalue weighted by molar-refractivity contribution is 6.06. The molecule has 1 saturated carbocycles. The molecule has 0 saturated heterocycles. The Hall–Kier alpha value is -2.63. The molecule has 0 bridgehead atoms. The van der Waals surface area contributed by atoms with Crippen molar-refractivity contribution < 1.29 is 9.21 Å². The fraction of sp³-hybridized carbons (Fsp3) is 0.421. The summed E-state index contributed by atoms with van der Waals surface area (Å²) >= 11 is 0. The molecule has 0 radical (unpaired) electrons. The third-order valence-corrected chi connectivity index (χ3v) is 5.07. The molecule has 3 heterocycles. The Morgan fingerprint density at radius 3 is 2.84 bits per heavy atom. The number of hydrogen-bond acceptors (Lipinski definition) is 4. The van der Waals surface area contributed by atoms with Gasteiger partial charge in [-0.25, -0.2) is 4.98 Å². The van der Waals surface area contributed by atoms with Gasteiger partial charge in [-0.1, -0.05) is 0 Å². The highest BCUT2D eigenvalue weighted by Gasteiger charge is 2.30. The average molecular weight is 338 g/mol. The quantitative estimate of drug-likeness (QED) is 0.729. The number of amides is 1. The molecule has 0 spiro atoms. The highest BCUT2D eigenvalue weighted by Crippen LogP contribution is 2.40. The molecule has 1 aliphatic carbocycles. The van der Waals surface area contributed by atoms with Crippen LogP contribution in [0.2, 0.25) is 0 Å². The van der Waals surface area contributed by atoms with Crippen molar-refractivity contribution in [1.82, 2.24) is 19.7 Å². The average Bonchev–Trinajstić information content (AvgIpc) is 3.24. The van der Waals surface area contributed by atoms with Crippen molar-refractivity contribution in [3.05, 3.63) is 47.2 Å². The summed E-state index contributed by atoms with van der Waals surface area (Å²) in [5.41, 5.74) is 3.29. The van der Waals surface area contributed by atoms with Gasteiger partial charge in [-0.2, -0.15) is 5.10 Å². The summed E-state index contributed by atoms with van der Waals surface area (Å²) in [4.78, 5) is 19.8. The van der Waals surface area contributed by atoms with E-state index in [1.165, 1.54) is 0 Å². The van der Waals surface area contributed by atoms with E-state index in [4.69, 9.17) is 9.40 Å². The molecule has 3 aromatic rings. The van der Waals surface area contributed by atoms with Crippen LogP contribution in [0, 0.1) is 6.92 Å². The summed E-state index contributed by atoms with van der Waals surface area (Å²) in [5, 5.41) is 5.32. The van der Waals surface area contributed by atoms with Crippen molar-refractivity contribution in [2.45, 2.75) is 38.6 Å². The lowest BCUT2D eigenvalue weighted by Gasteiger charge is -2.24. The van der Waals surface area contributed by atoms with Gasteiger partial charge in [-0.15, -0.1) is 0 Å². The smallest absolute Gasteiger partial charge is 0.255 e. The molecule has 3 aromatic heterocycles. The van der Waals surface area contributed by atoms with E-state index < -0.39 is 0 Å². The topological polar surface area (TPSA) is 64.2 Å². The second-order valence-electron chi connectivity index (χ2n) is 6.88. The summed E-state index contributed by atoms with van der Waals surface area (Å²) < 4.78 is 7.23. The van der Waals surface area contributed by atoms with Crippen molar-refractivity contribution in [2.75, 3.05) is 7.05 Å². The Morgan fingerprint density at radius 2 is 2.20 bits per heavy atom. The van der Waals surface area contributed by atoms with Crippen LogP contribution in [0.4, 0.5) is 0 Å². The Labute approximate surface area is 146 Å². The maximum absolute atomic E-state index is 13.3. The molecule has 6 nitrogen and oxygen atoms in total. The Kier molecular flexibility index (Phi) is 3.63. The largest absolute Gasteiger partial charge is 0.467 e. The van der Waals surface area contributed by atoms with E-state index in [9.17, 15) is 4.79 Å². The third-order valence-electron chi connectivity index (χ3n) is 5.07. The predicted molar refractivity (Wildman–Crippen MR) is 94.4 cm³/mol. The van der Waals surface area contributed by atoms with Crippen LogP contribution in [-0.4, -0.2) is 32.6 Å². The fourth-order valence-corrected chi connectivity index (χ4v) is 3.31. The number of pyridine rings is 1. The number of carbonyl (C=O) groups excluding carboxylic acids is 1. The molecule has 1 fully saturated rings. The van der Waals surface area contributed by atoms with Crippen molar-refractivity contribution >= 4 is 16.9 Å². The zero-order valence-corrected chi connectivity index (χ0v) is 15.0. The van der Waals surface area contributed by atoms with Crippen LogP contribution in [-0.2, 0) is 7.05 Å². The van der Waals surface area contributed by atoms with E-state index in [0.29, 0.717) is 11.5 Å². The van der Waals surface area contributed by atoms with Crippen molar-refractivity contribution in [3.63, 3.8) is 0 Å². The third kappa shape index (κ3) is 2.62. The number of aryl methyl sites for hydroxylation is 2. The first kappa shape index (κ1) is 15.9. The Bertz CT molecular complexity index is 938. The maximum Gasteiger partial charge on any atom is 0.255 e. The van der Waals surface area contributed by atoms with Crippen LogP contribution < -0.4 is 0 Å². The van der Waals surface area contributed by atoms with Gasteiger partial charge in [0.2, 0.25) is 0 Å². The van der Waals surface area contributed by atoms with Gasteiger partial charge < -0.3 is 9.32 Å². The first-order valence-electron chi connectivity index (χ1n) is 8.62. The molecular weight excluding hydrogens is 316 g/mol. The number of rotatable bonds is 4. The van der Waals surface area contributed by atoms with E-state index in [1.54, 1.807) is 15.8 Å². The second kappa shape index (κ2) is 5.72. The summed E-state index contributed by atoms with van der Waals surface area (Å²) in [6, 6.07) is 5.54. The molecule has 0 aromatic carbocycles. The summed E-state index contributed by atoms with van der Waals surface area (Å²) in [7, 11) is 3.69. The highest BCUT2D eigenvalue weighted by atomic mass is 16.3.